The molecule has 0 radical (unpaired) electrons. The number of alkyl halides is 3. The number of carbonyl (C=O) groups is 1. The van der Waals surface area contributed by atoms with Gasteiger partial charge in [0.2, 0.25) is 0 Å². The number of hydrogen-bond acceptors (Lipinski definition) is 4. The zero-order chi connectivity index (χ0) is 15.3. The van der Waals surface area contributed by atoms with Crippen LogP contribution in [0.1, 0.15) is 6.92 Å². The van der Waals surface area contributed by atoms with E-state index in [2.05, 4.69) is 10.1 Å². The van der Waals surface area contributed by atoms with Crippen LogP contribution < -0.4 is 15.8 Å². The molecule has 1 rings (SSSR count). The normalized spacial score (nSPS) is 12.8. The number of nitrogens with two attached hydrogens (primary N) is 1. The van der Waals surface area contributed by atoms with Crippen molar-refractivity contribution in [2.24, 2.45) is 0 Å². The first-order valence-electron chi connectivity index (χ1n) is 5.65. The summed E-state index contributed by atoms with van der Waals surface area (Å²) in [5.74, 6) is -0.215. The zero-order valence-electron chi connectivity index (χ0n) is 11.0. The second kappa shape index (κ2) is 6.47. The molecule has 3 N–H and O–H groups in total. The van der Waals surface area contributed by atoms with Gasteiger partial charge in [0.1, 0.15) is 18.5 Å². The largest absolute Gasteiger partial charge is 0.497 e. The highest BCUT2D eigenvalue weighted by atomic mass is 19.4. The summed E-state index contributed by atoms with van der Waals surface area (Å²) in [4.78, 5) is 11.6. The molecule has 1 atom stereocenters. The molecule has 0 saturated carbocycles. The third kappa shape index (κ3) is 4.96. The van der Waals surface area contributed by atoms with E-state index in [-0.39, 0.29) is 11.4 Å². The van der Waals surface area contributed by atoms with E-state index in [0.29, 0.717) is 5.75 Å². The summed E-state index contributed by atoms with van der Waals surface area (Å²) in [6.45, 7) is -0.263. The molecular weight excluding hydrogens is 277 g/mol. The monoisotopic (exact) mass is 292 g/mol. The van der Waals surface area contributed by atoms with Gasteiger partial charge < -0.3 is 20.5 Å². The summed E-state index contributed by atoms with van der Waals surface area (Å²) < 4.78 is 45.2. The Labute approximate surface area is 113 Å². The first-order chi connectivity index (χ1) is 9.23. The molecule has 0 aliphatic rings. The Balaban J connectivity index is 2.61. The van der Waals surface area contributed by atoms with Crippen LogP contribution >= 0.6 is 0 Å². The molecule has 8 heteroatoms. The Morgan fingerprint density at radius 1 is 1.45 bits per heavy atom. The summed E-state index contributed by atoms with van der Waals surface area (Å²) >= 11 is 0. The minimum atomic E-state index is -4.48. The first-order valence-corrected chi connectivity index (χ1v) is 5.65. The van der Waals surface area contributed by atoms with Gasteiger partial charge in [-0.25, -0.2) is 0 Å². The van der Waals surface area contributed by atoms with Gasteiger partial charge in [0.05, 0.1) is 18.5 Å². The van der Waals surface area contributed by atoms with E-state index in [1.54, 1.807) is 6.07 Å². The summed E-state index contributed by atoms with van der Waals surface area (Å²) in [6.07, 6.45) is -5.73. The molecule has 0 fully saturated rings. The lowest BCUT2D eigenvalue weighted by atomic mass is 10.2. The second-order valence-electron chi connectivity index (χ2n) is 4.01. The molecule has 1 aromatic carbocycles. The molecular formula is C12H15F3N2O3. The zero-order valence-corrected chi connectivity index (χ0v) is 11.0. The van der Waals surface area contributed by atoms with Gasteiger partial charge in [-0.2, -0.15) is 13.2 Å². The van der Waals surface area contributed by atoms with Crippen LogP contribution in [0.3, 0.4) is 0 Å². The average molecular weight is 292 g/mol. The number of nitrogens with one attached hydrogen (secondary N) is 1. The molecule has 1 aromatic rings. The predicted molar refractivity (Wildman–Crippen MR) is 67.5 cm³/mol. The Hall–Kier alpha value is -1.96. The van der Waals surface area contributed by atoms with Crippen LogP contribution in [-0.4, -0.2) is 31.9 Å². The standard InChI is InChI=1S/C12H15F3N2O3/c1-7(20-6-12(13,14)15)11(18)17-10-4-3-8(19-2)5-9(10)16/h3-5,7H,6,16H2,1-2H3,(H,17,18). The topological polar surface area (TPSA) is 73.6 Å². The van der Waals surface area contributed by atoms with E-state index in [1.165, 1.54) is 26.2 Å². The number of methoxy groups -OCH3 is 1. The maximum Gasteiger partial charge on any atom is 0.411 e. The van der Waals surface area contributed by atoms with Crippen molar-refractivity contribution in [1.29, 1.82) is 0 Å². The van der Waals surface area contributed by atoms with Gasteiger partial charge >= 0.3 is 6.18 Å². The molecule has 0 saturated heterocycles. The van der Waals surface area contributed by atoms with Gasteiger partial charge in [-0.05, 0) is 19.1 Å². The van der Waals surface area contributed by atoms with Crippen LogP contribution in [-0.2, 0) is 9.53 Å². The maximum absolute atomic E-state index is 12.0. The van der Waals surface area contributed by atoms with Crippen LogP contribution in [0.4, 0.5) is 24.5 Å². The summed E-state index contributed by atoms with van der Waals surface area (Å²) in [6, 6.07) is 4.53. The molecule has 1 amide bonds. The van der Waals surface area contributed by atoms with Crippen molar-refractivity contribution < 1.29 is 27.4 Å². The van der Waals surface area contributed by atoms with Crippen LogP contribution in [0.2, 0.25) is 0 Å². The molecule has 0 aromatic heterocycles. The Bertz CT molecular complexity index is 478. The van der Waals surface area contributed by atoms with Gasteiger partial charge in [0.25, 0.3) is 5.91 Å². The number of amides is 1. The Morgan fingerprint density at radius 2 is 2.10 bits per heavy atom. The smallest absolute Gasteiger partial charge is 0.411 e. The summed E-state index contributed by atoms with van der Waals surface area (Å²) in [5.41, 5.74) is 6.19. The minimum absolute atomic E-state index is 0.237. The fraction of sp³-hybridized carbons (Fsp3) is 0.417. The Morgan fingerprint density at radius 3 is 2.60 bits per heavy atom. The molecule has 0 heterocycles. The molecule has 0 aliphatic heterocycles. The number of halogens is 3. The minimum Gasteiger partial charge on any atom is -0.497 e. The van der Waals surface area contributed by atoms with E-state index < -0.39 is 24.8 Å². The molecule has 0 bridgehead atoms. The first kappa shape index (κ1) is 16.1. The van der Waals surface area contributed by atoms with Crippen LogP contribution in [0.25, 0.3) is 0 Å². The summed E-state index contributed by atoms with van der Waals surface area (Å²) in [5, 5.41) is 2.39. The van der Waals surface area contributed by atoms with Crippen LogP contribution in [0.15, 0.2) is 18.2 Å². The number of ether oxygens (including phenoxy) is 2. The highest BCUT2D eigenvalue weighted by Crippen LogP contribution is 2.24. The highest BCUT2D eigenvalue weighted by Gasteiger charge is 2.30. The van der Waals surface area contributed by atoms with Gasteiger partial charge in [-0.1, -0.05) is 0 Å². The van der Waals surface area contributed by atoms with Crippen molar-refractivity contribution in [1.82, 2.24) is 0 Å². The van der Waals surface area contributed by atoms with E-state index >= 15 is 0 Å². The predicted octanol–water partition coefficient (Wildman–Crippen LogP) is 2.18. The molecule has 1 unspecified atom stereocenters. The number of anilines is 2. The van der Waals surface area contributed by atoms with Gasteiger partial charge in [-0.15, -0.1) is 0 Å². The Kier molecular flexibility index (Phi) is 5.20. The van der Waals surface area contributed by atoms with Crippen LogP contribution in [0.5, 0.6) is 5.75 Å². The van der Waals surface area contributed by atoms with E-state index in [0.717, 1.165) is 0 Å². The van der Waals surface area contributed by atoms with Gasteiger partial charge in [-0.3, -0.25) is 4.79 Å². The number of benzene rings is 1. The lowest BCUT2D eigenvalue weighted by Crippen LogP contribution is -2.31. The summed E-state index contributed by atoms with van der Waals surface area (Å²) in [7, 11) is 1.46. The lowest BCUT2D eigenvalue weighted by Gasteiger charge is -2.15. The number of hydrogen-bond donors (Lipinski definition) is 2. The van der Waals surface area contributed by atoms with Gasteiger partial charge in [0.15, 0.2) is 0 Å². The maximum atomic E-state index is 12.0. The second-order valence-corrected chi connectivity index (χ2v) is 4.01. The number of rotatable bonds is 5. The van der Waals surface area contributed by atoms with E-state index in [1.807, 2.05) is 0 Å². The molecule has 112 valence electrons. The van der Waals surface area contributed by atoms with E-state index in [9.17, 15) is 18.0 Å². The fourth-order valence-corrected chi connectivity index (χ4v) is 1.31. The van der Waals surface area contributed by atoms with Crippen LogP contribution in [0, 0.1) is 0 Å². The third-order valence-corrected chi connectivity index (χ3v) is 2.38. The molecule has 0 spiro atoms. The molecule has 20 heavy (non-hydrogen) atoms. The van der Waals surface area contributed by atoms with Crippen molar-refractivity contribution in [3.63, 3.8) is 0 Å². The number of carbonyl (C=O) groups excluding carboxylic acids is 1. The molecule has 0 aliphatic carbocycles. The number of nitrogen functional groups attached to an aromatic ring is 1. The van der Waals surface area contributed by atoms with Gasteiger partial charge in [0, 0.05) is 6.07 Å². The average Bonchev–Trinajstić information content (AvgIpc) is 2.37. The lowest BCUT2D eigenvalue weighted by molar-refractivity contribution is -0.184. The quantitative estimate of drug-likeness (QED) is 0.816. The van der Waals surface area contributed by atoms with Crippen molar-refractivity contribution in [3.8, 4) is 5.75 Å². The molecule has 5 nitrogen and oxygen atoms in total. The SMILES string of the molecule is COc1ccc(NC(=O)C(C)OCC(F)(F)F)c(N)c1. The van der Waals surface area contributed by atoms with Crippen molar-refractivity contribution in [3.05, 3.63) is 18.2 Å². The van der Waals surface area contributed by atoms with Crippen molar-refractivity contribution >= 4 is 17.3 Å². The third-order valence-electron chi connectivity index (χ3n) is 2.38. The van der Waals surface area contributed by atoms with Crippen molar-refractivity contribution in [2.75, 3.05) is 24.8 Å². The van der Waals surface area contributed by atoms with Crippen molar-refractivity contribution in [2.45, 2.75) is 19.2 Å². The van der Waals surface area contributed by atoms with E-state index in [4.69, 9.17) is 10.5 Å². The highest BCUT2D eigenvalue weighted by molar-refractivity contribution is 5.96. The fourth-order valence-electron chi connectivity index (χ4n) is 1.31.